The number of fused-ring (bicyclic) bond motifs is 1. The summed E-state index contributed by atoms with van der Waals surface area (Å²) in [5, 5.41) is 11.8. The molecule has 1 unspecified atom stereocenters. The molecule has 0 aliphatic carbocycles. The van der Waals surface area contributed by atoms with Crippen LogP contribution in [0.3, 0.4) is 0 Å². The van der Waals surface area contributed by atoms with Crippen molar-refractivity contribution >= 4 is 23.5 Å². The molecular weight excluding hydrogens is 260 g/mol. The van der Waals surface area contributed by atoms with Crippen LogP contribution in [-0.4, -0.2) is 35.0 Å². The van der Waals surface area contributed by atoms with Crippen LogP contribution >= 0.6 is 0 Å². The molecule has 1 aromatic carbocycles. The van der Waals surface area contributed by atoms with E-state index in [2.05, 4.69) is 5.32 Å². The van der Waals surface area contributed by atoms with Crippen molar-refractivity contribution in [2.75, 3.05) is 4.90 Å². The third kappa shape index (κ3) is 2.49. The number of benzene rings is 1. The molecule has 0 fully saturated rings. The summed E-state index contributed by atoms with van der Waals surface area (Å²) in [6.07, 6.45) is 0.282. The Hall–Kier alpha value is -2.37. The first-order valence-corrected chi connectivity index (χ1v) is 6.32. The van der Waals surface area contributed by atoms with E-state index >= 15 is 0 Å². The lowest BCUT2D eigenvalue weighted by Gasteiger charge is -2.26. The number of nitrogens with one attached hydrogen (secondary N) is 1. The van der Waals surface area contributed by atoms with E-state index in [0.717, 1.165) is 5.56 Å². The normalized spacial score (nSPS) is 18.3. The molecule has 0 saturated carbocycles. The Morgan fingerprint density at radius 2 is 2.00 bits per heavy atom. The van der Waals surface area contributed by atoms with Crippen LogP contribution in [0.5, 0.6) is 0 Å². The highest BCUT2D eigenvalue weighted by atomic mass is 16.4. The molecule has 2 atom stereocenters. The molecule has 106 valence electrons. The number of anilines is 1. The van der Waals surface area contributed by atoms with E-state index in [0.29, 0.717) is 5.69 Å². The predicted octanol–water partition coefficient (Wildman–Crippen LogP) is 0.553. The molecule has 1 heterocycles. The second-order valence-electron chi connectivity index (χ2n) is 4.82. The molecule has 2 N–H and O–H groups in total. The second kappa shape index (κ2) is 5.32. The highest BCUT2D eigenvalue weighted by Gasteiger charge is 2.39. The molecule has 1 aromatic rings. The van der Waals surface area contributed by atoms with Crippen LogP contribution in [0, 0.1) is 0 Å². The lowest BCUT2D eigenvalue weighted by Crippen LogP contribution is -2.51. The van der Waals surface area contributed by atoms with Crippen molar-refractivity contribution in [3.05, 3.63) is 29.8 Å². The van der Waals surface area contributed by atoms with Crippen LogP contribution in [0.1, 0.15) is 19.4 Å². The minimum Gasteiger partial charge on any atom is -0.480 e. The van der Waals surface area contributed by atoms with E-state index in [4.69, 9.17) is 0 Å². The van der Waals surface area contributed by atoms with Crippen molar-refractivity contribution in [1.82, 2.24) is 5.32 Å². The van der Waals surface area contributed by atoms with Crippen molar-refractivity contribution in [3.63, 3.8) is 0 Å². The van der Waals surface area contributed by atoms with Crippen LogP contribution < -0.4 is 10.2 Å². The summed E-state index contributed by atoms with van der Waals surface area (Å²) in [6, 6.07) is 5.41. The molecule has 1 aliphatic heterocycles. The van der Waals surface area contributed by atoms with Gasteiger partial charge in [0, 0.05) is 19.0 Å². The van der Waals surface area contributed by atoms with Gasteiger partial charge in [-0.3, -0.25) is 14.5 Å². The zero-order valence-corrected chi connectivity index (χ0v) is 11.3. The first-order chi connectivity index (χ1) is 9.41. The topological polar surface area (TPSA) is 86.7 Å². The molecule has 0 aromatic heterocycles. The molecule has 2 amide bonds. The maximum absolute atomic E-state index is 12.4. The fourth-order valence-corrected chi connectivity index (χ4v) is 2.43. The molecule has 0 radical (unpaired) electrons. The van der Waals surface area contributed by atoms with Crippen LogP contribution in [0.4, 0.5) is 5.69 Å². The summed E-state index contributed by atoms with van der Waals surface area (Å²) in [5.41, 5.74) is 1.42. The Kier molecular flexibility index (Phi) is 3.74. The van der Waals surface area contributed by atoms with E-state index in [-0.39, 0.29) is 12.3 Å². The minimum absolute atomic E-state index is 0.282. The van der Waals surface area contributed by atoms with Crippen LogP contribution in [0.15, 0.2) is 24.3 Å². The number of carboxylic acids is 1. The number of nitrogens with zero attached hydrogens (tertiary/aromatic N) is 1. The molecule has 0 saturated heterocycles. The van der Waals surface area contributed by atoms with Gasteiger partial charge in [-0.05, 0) is 18.6 Å². The molecule has 20 heavy (non-hydrogen) atoms. The van der Waals surface area contributed by atoms with Gasteiger partial charge in [-0.2, -0.15) is 0 Å². The van der Waals surface area contributed by atoms with Gasteiger partial charge in [0.2, 0.25) is 11.8 Å². The number of hydrogen-bond acceptors (Lipinski definition) is 3. The summed E-state index contributed by atoms with van der Waals surface area (Å²) in [6.45, 7) is 2.86. The first kappa shape index (κ1) is 14.0. The van der Waals surface area contributed by atoms with Crippen molar-refractivity contribution < 1.29 is 19.5 Å². The van der Waals surface area contributed by atoms with Gasteiger partial charge in [-0.1, -0.05) is 18.2 Å². The van der Waals surface area contributed by atoms with Gasteiger partial charge < -0.3 is 10.4 Å². The van der Waals surface area contributed by atoms with Crippen LogP contribution in [-0.2, 0) is 20.8 Å². The highest BCUT2D eigenvalue weighted by Crippen LogP contribution is 2.32. The summed E-state index contributed by atoms with van der Waals surface area (Å²) < 4.78 is 0. The van der Waals surface area contributed by atoms with Gasteiger partial charge in [0.15, 0.2) is 0 Å². The lowest BCUT2D eigenvalue weighted by molar-refractivity contribution is -0.140. The number of carbonyl (C=O) groups is 3. The predicted molar refractivity (Wildman–Crippen MR) is 72.3 cm³/mol. The number of carbonyl (C=O) groups excluding carboxylic acids is 2. The maximum atomic E-state index is 12.4. The Morgan fingerprint density at radius 3 is 2.60 bits per heavy atom. The van der Waals surface area contributed by atoms with Gasteiger partial charge in [-0.15, -0.1) is 0 Å². The van der Waals surface area contributed by atoms with Crippen molar-refractivity contribution in [2.24, 2.45) is 0 Å². The van der Waals surface area contributed by atoms with Gasteiger partial charge in [-0.25, -0.2) is 4.79 Å². The summed E-state index contributed by atoms with van der Waals surface area (Å²) in [4.78, 5) is 36.1. The quantitative estimate of drug-likeness (QED) is 0.844. The molecule has 2 rings (SSSR count). The molecule has 0 spiro atoms. The van der Waals surface area contributed by atoms with Gasteiger partial charge in [0.1, 0.15) is 12.1 Å². The van der Waals surface area contributed by atoms with Gasteiger partial charge >= 0.3 is 5.97 Å². The Morgan fingerprint density at radius 1 is 1.35 bits per heavy atom. The van der Waals surface area contributed by atoms with Crippen molar-refractivity contribution in [1.29, 1.82) is 0 Å². The van der Waals surface area contributed by atoms with Crippen LogP contribution in [0.2, 0.25) is 0 Å². The Balaban J connectivity index is 2.33. The third-order valence-corrected chi connectivity index (χ3v) is 3.29. The molecule has 6 nitrogen and oxygen atoms in total. The highest BCUT2D eigenvalue weighted by molar-refractivity contribution is 6.05. The third-order valence-electron chi connectivity index (χ3n) is 3.29. The average Bonchev–Trinajstić information content (AvgIpc) is 2.76. The van der Waals surface area contributed by atoms with Crippen LogP contribution in [0.25, 0.3) is 0 Å². The van der Waals surface area contributed by atoms with Gasteiger partial charge in [0.05, 0.1) is 0 Å². The monoisotopic (exact) mass is 276 g/mol. The Bertz CT molecular complexity index is 570. The number of hydrogen-bond donors (Lipinski definition) is 2. The largest absolute Gasteiger partial charge is 0.480 e. The number of amides is 2. The second-order valence-corrected chi connectivity index (χ2v) is 4.82. The first-order valence-electron chi connectivity index (χ1n) is 6.32. The fourth-order valence-electron chi connectivity index (χ4n) is 2.43. The summed E-state index contributed by atoms with van der Waals surface area (Å²) in [7, 11) is 0. The van der Waals surface area contributed by atoms with Crippen molar-refractivity contribution in [3.8, 4) is 0 Å². The number of para-hydroxylation sites is 1. The van der Waals surface area contributed by atoms with E-state index in [9.17, 15) is 19.5 Å². The molecular formula is C14H16N2O4. The minimum atomic E-state index is -1.05. The molecule has 0 bridgehead atoms. The van der Waals surface area contributed by atoms with Gasteiger partial charge in [0.25, 0.3) is 0 Å². The number of rotatable bonds is 3. The summed E-state index contributed by atoms with van der Waals surface area (Å²) >= 11 is 0. The van der Waals surface area contributed by atoms with Crippen molar-refractivity contribution in [2.45, 2.75) is 32.4 Å². The summed E-state index contributed by atoms with van der Waals surface area (Å²) in [5.74, 6) is -1.80. The standard InChI is InChI=1S/C14H16N2O4/c1-8(15-9(2)17)13(18)16-11-6-4-3-5-10(11)7-12(16)14(19)20/h3-6,8,12H,7H2,1-2H3,(H,15,17)(H,19,20)/t8?,12-/m0/s1. The molecule has 6 heteroatoms. The smallest absolute Gasteiger partial charge is 0.327 e. The SMILES string of the molecule is CC(=O)NC(C)C(=O)N1c2ccccc2C[C@H]1C(=O)O. The Labute approximate surface area is 116 Å². The number of carboxylic acid groups (broad SMARTS) is 1. The van der Waals surface area contributed by atoms with E-state index in [1.165, 1.54) is 11.8 Å². The number of aliphatic carboxylic acids is 1. The lowest BCUT2D eigenvalue weighted by atomic mass is 10.1. The van der Waals surface area contributed by atoms with E-state index in [1.807, 2.05) is 12.1 Å². The molecule has 1 aliphatic rings. The fraction of sp³-hybridized carbons (Fsp3) is 0.357. The zero-order chi connectivity index (χ0) is 14.9. The average molecular weight is 276 g/mol. The van der Waals surface area contributed by atoms with E-state index < -0.39 is 24.0 Å². The maximum Gasteiger partial charge on any atom is 0.327 e. The zero-order valence-electron chi connectivity index (χ0n) is 11.3. The van der Waals surface area contributed by atoms with E-state index in [1.54, 1.807) is 19.1 Å².